The number of aliphatic imine (C=N–C) groups is 1. The van der Waals surface area contributed by atoms with Gasteiger partial charge in [-0.3, -0.25) is 4.68 Å². The van der Waals surface area contributed by atoms with E-state index >= 15 is 0 Å². The number of guanidine groups is 1. The fourth-order valence-electron chi connectivity index (χ4n) is 3.25. The fourth-order valence-corrected chi connectivity index (χ4v) is 3.25. The maximum Gasteiger partial charge on any atom is 0.194 e. The summed E-state index contributed by atoms with van der Waals surface area (Å²) >= 11 is 0. The summed E-state index contributed by atoms with van der Waals surface area (Å²) < 4.78 is 7.07. The van der Waals surface area contributed by atoms with Gasteiger partial charge in [0.05, 0.1) is 19.9 Å². The molecule has 3 rings (SSSR count). The molecule has 1 atom stereocenters. The van der Waals surface area contributed by atoms with E-state index in [4.69, 9.17) is 9.73 Å². The SMILES string of the molecule is CCNC(=NCc1cnn(C)c1)N1CCC(c2ccc(OC)cc2)C1. The fraction of sp³-hybridized carbons (Fsp3) is 0.474. The van der Waals surface area contributed by atoms with Crippen molar-refractivity contribution in [2.75, 3.05) is 26.7 Å². The van der Waals surface area contributed by atoms with Gasteiger partial charge in [0.1, 0.15) is 5.75 Å². The smallest absolute Gasteiger partial charge is 0.194 e. The van der Waals surface area contributed by atoms with Gasteiger partial charge >= 0.3 is 0 Å². The average molecular weight is 341 g/mol. The van der Waals surface area contributed by atoms with Gasteiger partial charge in [-0.05, 0) is 31.0 Å². The first-order valence-electron chi connectivity index (χ1n) is 8.84. The molecule has 1 aromatic heterocycles. The number of hydrogen-bond donors (Lipinski definition) is 1. The van der Waals surface area contributed by atoms with Gasteiger partial charge in [-0.25, -0.2) is 4.99 Å². The molecule has 134 valence electrons. The summed E-state index contributed by atoms with van der Waals surface area (Å²) in [7, 11) is 3.63. The first-order valence-corrected chi connectivity index (χ1v) is 8.84. The van der Waals surface area contributed by atoms with E-state index in [1.807, 2.05) is 36.3 Å². The zero-order chi connectivity index (χ0) is 17.6. The Hall–Kier alpha value is -2.50. The van der Waals surface area contributed by atoms with Crippen LogP contribution in [-0.4, -0.2) is 47.4 Å². The highest BCUT2D eigenvalue weighted by atomic mass is 16.5. The Morgan fingerprint density at radius 3 is 2.80 bits per heavy atom. The highest BCUT2D eigenvalue weighted by Crippen LogP contribution is 2.28. The van der Waals surface area contributed by atoms with Crippen molar-refractivity contribution in [2.24, 2.45) is 12.0 Å². The Balaban J connectivity index is 1.66. The molecular weight excluding hydrogens is 314 g/mol. The number of aromatic nitrogens is 2. The molecule has 1 N–H and O–H groups in total. The summed E-state index contributed by atoms with van der Waals surface area (Å²) in [6.07, 6.45) is 5.03. The maximum atomic E-state index is 5.25. The van der Waals surface area contributed by atoms with E-state index in [1.54, 1.807) is 7.11 Å². The average Bonchev–Trinajstić information content (AvgIpc) is 3.28. The summed E-state index contributed by atoms with van der Waals surface area (Å²) in [5.41, 5.74) is 2.50. The molecule has 25 heavy (non-hydrogen) atoms. The normalized spacial score (nSPS) is 17.8. The Morgan fingerprint density at radius 2 is 2.16 bits per heavy atom. The molecule has 0 amide bonds. The van der Waals surface area contributed by atoms with E-state index in [-0.39, 0.29) is 0 Å². The van der Waals surface area contributed by atoms with Crippen LogP contribution in [0.4, 0.5) is 0 Å². The molecule has 1 aliphatic rings. The third-order valence-corrected chi connectivity index (χ3v) is 4.58. The highest BCUT2D eigenvalue weighted by molar-refractivity contribution is 5.80. The first kappa shape index (κ1) is 17.3. The molecule has 6 nitrogen and oxygen atoms in total. The van der Waals surface area contributed by atoms with Crippen molar-refractivity contribution in [3.05, 3.63) is 47.8 Å². The van der Waals surface area contributed by atoms with Crippen LogP contribution in [0.5, 0.6) is 5.75 Å². The van der Waals surface area contributed by atoms with E-state index in [1.165, 1.54) is 5.56 Å². The Bertz CT molecular complexity index is 707. The molecule has 1 saturated heterocycles. The van der Waals surface area contributed by atoms with Gasteiger partial charge in [-0.15, -0.1) is 0 Å². The molecule has 0 radical (unpaired) electrons. The molecule has 1 unspecified atom stereocenters. The van der Waals surface area contributed by atoms with Gasteiger partial charge in [0.25, 0.3) is 0 Å². The zero-order valence-corrected chi connectivity index (χ0v) is 15.3. The van der Waals surface area contributed by atoms with E-state index in [2.05, 4.69) is 34.4 Å². The molecule has 0 aliphatic carbocycles. The first-order chi connectivity index (χ1) is 12.2. The van der Waals surface area contributed by atoms with Crippen molar-refractivity contribution in [3.63, 3.8) is 0 Å². The van der Waals surface area contributed by atoms with E-state index < -0.39 is 0 Å². The van der Waals surface area contributed by atoms with Crippen LogP contribution in [0.15, 0.2) is 41.7 Å². The molecular formula is C19H27N5O. The number of hydrogen-bond acceptors (Lipinski definition) is 3. The van der Waals surface area contributed by atoms with Gasteiger partial charge in [0.2, 0.25) is 0 Å². The lowest BCUT2D eigenvalue weighted by Crippen LogP contribution is -2.40. The summed E-state index contributed by atoms with van der Waals surface area (Å²) in [5, 5.41) is 7.63. The number of nitrogens with zero attached hydrogens (tertiary/aromatic N) is 4. The molecule has 2 heterocycles. The number of likely N-dealkylation sites (tertiary alicyclic amines) is 1. The van der Waals surface area contributed by atoms with Crippen LogP contribution < -0.4 is 10.1 Å². The Labute approximate surface area is 149 Å². The third kappa shape index (κ3) is 4.32. The quantitative estimate of drug-likeness (QED) is 0.670. The topological polar surface area (TPSA) is 54.7 Å². The van der Waals surface area contributed by atoms with E-state index in [9.17, 15) is 0 Å². The molecule has 0 saturated carbocycles. The number of aryl methyl sites for hydroxylation is 1. The number of benzene rings is 1. The minimum atomic E-state index is 0.535. The molecule has 1 fully saturated rings. The van der Waals surface area contributed by atoms with Crippen LogP contribution >= 0.6 is 0 Å². The minimum Gasteiger partial charge on any atom is -0.497 e. The van der Waals surface area contributed by atoms with Crippen LogP contribution in [0.3, 0.4) is 0 Å². The molecule has 6 heteroatoms. The lowest BCUT2D eigenvalue weighted by Gasteiger charge is -2.21. The van der Waals surface area contributed by atoms with Crippen LogP contribution in [0.25, 0.3) is 0 Å². The van der Waals surface area contributed by atoms with Crippen molar-refractivity contribution in [3.8, 4) is 5.75 Å². The summed E-state index contributed by atoms with van der Waals surface area (Å²) in [5.74, 6) is 2.43. The molecule has 1 aromatic carbocycles. The van der Waals surface area contributed by atoms with Crippen LogP contribution in [0, 0.1) is 0 Å². The van der Waals surface area contributed by atoms with Crippen molar-refractivity contribution >= 4 is 5.96 Å². The number of ether oxygens (including phenoxy) is 1. The molecule has 0 bridgehead atoms. The second-order valence-electron chi connectivity index (χ2n) is 6.40. The van der Waals surface area contributed by atoms with Gasteiger partial charge in [0.15, 0.2) is 5.96 Å². The Kier molecular flexibility index (Phi) is 5.58. The number of rotatable bonds is 5. The molecule has 1 aliphatic heterocycles. The van der Waals surface area contributed by atoms with Gasteiger partial charge in [-0.1, -0.05) is 12.1 Å². The minimum absolute atomic E-state index is 0.535. The second-order valence-corrected chi connectivity index (χ2v) is 6.40. The maximum absolute atomic E-state index is 5.25. The number of methoxy groups -OCH3 is 1. The van der Waals surface area contributed by atoms with Gasteiger partial charge in [0, 0.05) is 44.4 Å². The summed E-state index contributed by atoms with van der Waals surface area (Å²) in [6, 6.07) is 8.43. The van der Waals surface area contributed by atoms with Crippen molar-refractivity contribution in [1.29, 1.82) is 0 Å². The van der Waals surface area contributed by atoms with Crippen molar-refractivity contribution in [2.45, 2.75) is 25.8 Å². The van der Waals surface area contributed by atoms with Crippen molar-refractivity contribution < 1.29 is 4.74 Å². The van der Waals surface area contributed by atoms with Crippen LogP contribution in [0.1, 0.15) is 30.4 Å². The van der Waals surface area contributed by atoms with Crippen LogP contribution in [-0.2, 0) is 13.6 Å². The standard InChI is InChI=1S/C19H27N5O/c1-4-20-19(21-11-15-12-22-23(2)13-15)24-10-9-17(14-24)16-5-7-18(25-3)8-6-16/h5-8,12-13,17H,4,9-11,14H2,1-3H3,(H,20,21). The van der Waals surface area contributed by atoms with Gasteiger partial charge < -0.3 is 15.0 Å². The predicted octanol–water partition coefficient (Wildman–Crippen LogP) is 2.38. The lowest BCUT2D eigenvalue weighted by molar-refractivity contribution is 0.414. The zero-order valence-electron chi connectivity index (χ0n) is 15.3. The summed E-state index contributed by atoms with van der Waals surface area (Å²) in [6.45, 7) is 5.65. The Morgan fingerprint density at radius 1 is 1.36 bits per heavy atom. The number of nitrogens with one attached hydrogen (secondary N) is 1. The van der Waals surface area contributed by atoms with Crippen LogP contribution in [0.2, 0.25) is 0 Å². The monoisotopic (exact) mass is 341 g/mol. The van der Waals surface area contributed by atoms with Gasteiger partial charge in [-0.2, -0.15) is 5.10 Å². The van der Waals surface area contributed by atoms with Crippen molar-refractivity contribution in [1.82, 2.24) is 20.0 Å². The largest absolute Gasteiger partial charge is 0.497 e. The predicted molar refractivity (Wildman–Crippen MR) is 99.9 cm³/mol. The lowest BCUT2D eigenvalue weighted by atomic mass is 9.98. The highest BCUT2D eigenvalue weighted by Gasteiger charge is 2.26. The third-order valence-electron chi connectivity index (χ3n) is 4.58. The molecule has 2 aromatic rings. The molecule has 0 spiro atoms. The second kappa shape index (κ2) is 8.05. The van der Waals surface area contributed by atoms with E-state index in [0.29, 0.717) is 12.5 Å². The summed E-state index contributed by atoms with van der Waals surface area (Å²) in [4.78, 5) is 7.15. The van der Waals surface area contributed by atoms with E-state index in [0.717, 1.165) is 43.3 Å².